The van der Waals surface area contributed by atoms with Crippen molar-refractivity contribution in [3.8, 4) is 0 Å². The van der Waals surface area contributed by atoms with Gasteiger partial charge in [0.05, 0.1) is 0 Å². The van der Waals surface area contributed by atoms with Gasteiger partial charge in [-0.15, -0.1) is 0 Å². The number of hydrazine groups is 1. The van der Waals surface area contributed by atoms with E-state index < -0.39 is 17.7 Å². The van der Waals surface area contributed by atoms with Crippen LogP contribution >= 0.6 is 0 Å². The summed E-state index contributed by atoms with van der Waals surface area (Å²) in [5.41, 5.74) is 4.34. The van der Waals surface area contributed by atoms with Crippen LogP contribution in [0.4, 0.5) is 8.78 Å². The summed E-state index contributed by atoms with van der Waals surface area (Å²) in [5.74, 6) is 4.09. The van der Waals surface area contributed by atoms with E-state index in [-0.39, 0.29) is 5.56 Å². The molecule has 3 N–H and O–H groups in total. The highest BCUT2D eigenvalue weighted by Gasteiger charge is 2.22. The van der Waals surface area contributed by atoms with Crippen LogP contribution in [0.1, 0.15) is 22.9 Å². The molecule has 3 rings (SSSR count). The largest absolute Gasteiger partial charge is 0.459 e. The molecule has 1 aromatic heterocycles. The number of halogens is 2. The van der Waals surface area contributed by atoms with E-state index >= 15 is 0 Å². The van der Waals surface area contributed by atoms with Gasteiger partial charge >= 0.3 is 0 Å². The summed E-state index contributed by atoms with van der Waals surface area (Å²) < 4.78 is 33.0. The van der Waals surface area contributed by atoms with Gasteiger partial charge in [0.1, 0.15) is 17.4 Å². The number of furan rings is 1. The third-order valence-electron chi connectivity index (χ3n) is 3.43. The Morgan fingerprint density at radius 1 is 1.14 bits per heavy atom. The minimum Gasteiger partial charge on any atom is -0.459 e. The first-order valence-electron chi connectivity index (χ1n) is 6.50. The molecule has 2 aromatic carbocycles. The Balaban J connectivity index is 2.11. The molecule has 0 aliphatic heterocycles. The number of fused-ring (bicyclic) bond motifs is 1. The molecule has 0 saturated carbocycles. The zero-order valence-corrected chi connectivity index (χ0v) is 11.4. The Morgan fingerprint density at radius 2 is 1.95 bits per heavy atom. The molecule has 0 saturated heterocycles. The fourth-order valence-corrected chi connectivity index (χ4v) is 2.39. The van der Waals surface area contributed by atoms with Crippen molar-refractivity contribution in [2.24, 2.45) is 5.84 Å². The molecule has 3 nitrogen and oxygen atoms in total. The van der Waals surface area contributed by atoms with Crippen molar-refractivity contribution in [2.45, 2.75) is 13.0 Å². The molecule has 0 aliphatic rings. The van der Waals surface area contributed by atoms with Crippen LogP contribution in [0.25, 0.3) is 11.0 Å². The molecule has 0 bridgehead atoms. The second-order valence-corrected chi connectivity index (χ2v) is 4.93. The predicted octanol–water partition coefficient (Wildman–Crippen LogP) is 3.57. The minimum absolute atomic E-state index is 0.105. The SMILES string of the molecule is Cc1ccc2oc(C(NN)c3cccc(F)c3F)cc2c1. The van der Waals surface area contributed by atoms with Crippen LogP contribution in [0.15, 0.2) is 46.9 Å². The summed E-state index contributed by atoms with van der Waals surface area (Å²) in [4.78, 5) is 0. The molecular weight excluding hydrogens is 274 g/mol. The van der Waals surface area contributed by atoms with E-state index in [9.17, 15) is 8.78 Å². The Bertz CT molecular complexity index is 798. The molecular formula is C16H14F2N2O. The standard InChI is InChI=1S/C16H14F2N2O/c1-9-5-6-13-10(7-9)8-14(21-13)16(20-19)11-3-2-4-12(17)15(11)18/h2-8,16,20H,19H2,1H3. The maximum absolute atomic E-state index is 13.9. The molecule has 0 fully saturated rings. The normalized spacial score (nSPS) is 12.8. The second kappa shape index (κ2) is 5.27. The van der Waals surface area contributed by atoms with Crippen molar-refractivity contribution in [1.82, 2.24) is 5.43 Å². The number of aryl methyl sites for hydroxylation is 1. The van der Waals surface area contributed by atoms with Crippen LogP contribution < -0.4 is 11.3 Å². The highest BCUT2D eigenvalue weighted by atomic mass is 19.2. The molecule has 0 radical (unpaired) electrons. The molecule has 3 aromatic rings. The molecule has 1 atom stereocenters. The maximum atomic E-state index is 13.9. The zero-order valence-electron chi connectivity index (χ0n) is 11.4. The van der Waals surface area contributed by atoms with Gasteiger partial charge in [-0.25, -0.2) is 14.2 Å². The molecule has 108 valence electrons. The Labute approximate surface area is 120 Å². The van der Waals surface area contributed by atoms with Gasteiger partial charge < -0.3 is 4.42 Å². The Hall–Kier alpha value is -2.24. The summed E-state index contributed by atoms with van der Waals surface area (Å²) in [6.45, 7) is 1.97. The first-order valence-corrected chi connectivity index (χ1v) is 6.50. The Morgan fingerprint density at radius 3 is 2.71 bits per heavy atom. The average Bonchev–Trinajstić information content (AvgIpc) is 2.87. The summed E-state index contributed by atoms with van der Waals surface area (Å²) >= 11 is 0. The maximum Gasteiger partial charge on any atom is 0.164 e. The van der Waals surface area contributed by atoms with Crippen molar-refractivity contribution in [1.29, 1.82) is 0 Å². The lowest BCUT2D eigenvalue weighted by Crippen LogP contribution is -2.29. The van der Waals surface area contributed by atoms with Crippen molar-refractivity contribution in [3.63, 3.8) is 0 Å². The van der Waals surface area contributed by atoms with Crippen molar-refractivity contribution in [2.75, 3.05) is 0 Å². The molecule has 1 heterocycles. The van der Waals surface area contributed by atoms with Gasteiger partial charge in [0.15, 0.2) is 11.6 Å². The second-order valence-electron chi connectivity index (χ2n) is 4.93. The molecule has 5 heteroatoms. The molecule has 0 amide bonds. The van der Waals surface area contributed by atoms with Crippen LogP contribution in [-0.2, 0) is 0 Å². The van der Waals surface area contributed by atoms with Crippen molar-refractivity contribution >= 4 is 11.0 Å². The molecule has 1 unspecified atom stereocenters. The van der Waals surface area contributed by atoms with Gasteiger partial charge in [0.2, 0.25) is 0 Å². The lowest BCUT2D eigenvalue weighted by atomic mass is 10.0. The van der Waals surface area contributed by atoms with Gasteiger partial charge in [0.25, 0.3) is 0 Å². The highest BCUT2D eigenvalue weighted by molar-refractivity contribution is 5.78. The van der Waals surface area contributed by atoms with Crippen LogP contribution in [0, 0.1) is 18.6 Å². The zero-order chi connectivity index (χ0) is 15.0. The van der Waals surface area contributed by atoms with Gasteiger partial charge in [-0.3, -0.25) is 5.84 Å². The van der Waals surface area contributed by atoms with E-state index in [0.29, 0.717) is 11.3 Å². The van der Waals surface area contributed by atoms with Gasteiger partial charge in [-0.2, -0.15) is 0 Å². The third-order valence-corrected chi connectivity index (χ3v) is 3.43. The third kappa shape index (κ3) is 2.41. The van der Waals surface area contributed by atoms with E-state index in [1.54, 1.807) is 6.07 Å². The lowest BCUT2D eigenvalue weighted by Gasteiger charge is -2.14. The molecule has 0 spiro atoms. The monoisotopic (exact) mass is 288 g/mol. The van der Waals surface area contributed by atoms with E-state index in [1.165, 1.54) is 12.1 Å². The number of rotatable bonds is 3. The fourth-order valence-electron chi connectivity index (χ4n) is 2.39. The van der Waals surface area contributed by atoms with Crippen molar-refractivity contribution in [3.05, 3.63) is 71.0 Å². The van der Waals surface area contributed by atoms with Crippen LogP contribution in [0.3, 0.4) is 0 Å². The summed E-state index contributed by atoms with van der Waals surface area (Å²) in [6.07, 6.45) is 0. The van der Waals surface area contributed by atoms with E-state index in [1.807, 2.05) is 25.1 Å². The Kier molecular flexibility index (Phi) is 3.45. The lowest BCUT2D eigenvalue weighted by molar-refractivity contribution is 0.444. The number of benzene rings is 2. The summed E-state index contributed by atoms with van der Waals surface area (Å²) in [5, 5.41) is 0.891. The first kappa shape index (κ1) is 13.7. The van der Waals surface area contributed by atoms with Crippen LogP contribution in [0.5, 0.6) is 0 Å². The topological polar surface area (TPSA) is 51.2 Å². The molecule has 0 aliphatic carbocycles. The highest BCUT2D eigenvalue weighted by Crippen LogP contribution is 2.30. The summed E-state index contributed by atoms with van der Waals surface area (Å²) in [7, 11) is 0. The van der Waals surface area contributed by atoms with E-state index in [0.717, 1.165) is 17.0 Å². The van der Waals surface area contributed by atoms with Gasteiger partial charge in [-0.05, 0) is 31.2 Å². The number of hydrogen-bond donors (Lipinski definition) is 2. The average molecular weight is 288 g/mol. The van der Waals surface area contributed by atoms with Gasteiger partial charge in [-0.1, -0.05) is 23.8 Å². The number of nitrogens with one attached hydrogen (secondary N) is 1. The molecule has 21 heavy (non-hydrogen) atoms. The van der Waals surface area contributed by atoms with E-state index in [2.05, 4.69) is 5.43 Å². The summed E-state index contributed by atoms with van der Waals surface area (Å²) in [6, 6.07) is 10.7. The van der Waals surface area contributed by atoms with Crippen LogP contribution in [-0.4, -0.2) is 0 Å². The number of nitrogens with two attached hydrogens (primary N) is 1. The fraction of sp³-hybridized carbons (Fsp3) is 0.125. The minimum atomic E-state index is -0.933. The number of hydrogen-bond acceptors (Lipinski definition) is 3. The quantitative estimate of drug-likeness (QED) is 0.572. The predicted molar refractivity (Wildman–Crippen MR) is 76.5 cm³/mol. The first-order chi connectivity index (χ1) is 10.1. The van der Waals surface area contributed by atoms with E-state index in [4.69, 9.17) is 10.3 Å². The van der Waals surface area contributed by atoms with Crippen molar-refractivity contribution < 1.29 is 13.2 Å². The van der Waals surface area contributed by atoms with Gasteiger partial charge in [0, 0.05) is 10.9 Å². The smallest absolute Gasteiger partial charge is 0.164 e. The van der Waals surface area contributed by atoms with Crippen LogP contribution in [0.2, 0.25) is 0 Å².